The van der Waals surface area contributed by atoms with Gasteiger partial charge in [0.1, 0.15) is 5.82 Å². The van der Waals surface area contributed by atoms with Gasteiger partial charge < -0.3 is 20.4 Å². The Bertz CT molecular complexity index is 1320. The maximum atomic E-state index is 15.2. The SMILES string of the molecule is Cc1c(F)cc(C(=O)NC2CC2)cc1-c1ccc(C(=O)NCC(C)(C)C)cc1C(=O)N1CCC(N2CCCC2)CC1. The Hall–Kier alpha value is -3.26. The van der Waals surface area contributed by atoms with Crippen molar-refractivity contribution in [2.75, 3.05) is 32.7 Å². The second-order valence-electron chi connectivity index (χ2n) is 13.1. The van der Waals surface area contributed by atoms with Crippen LogP contribution < -0.4 is 10.6 Å². The monoisotopic (exact) mass is 562 g/mol. The molecular formula is C33H43FN4O3. The lowest BCUT2D eigenvalue weighted by atomic mass is 9.91. The van der Waals surface area contributed by atoms with E-state index < -0.39 is 5.82 Å². The maximum Gasteiger partial charge on any atom is 0.254 e. The van der Waals surface area contributed by atoms with E-state index in [0.717, 1.165) is 38.8 Å². The Balaban J connectivity index is 1.47. The van der Waals surface area contributed by atoms with Gasteiger partial charge >= 0.3 is 0 Å². The number of hydrogen-bond acceptors (Lipinski definition) is 4. The number of carbonyl (C=O) groups excluding carboxylic acids is 3. The number of halogens is 1. The van der Waals surface area contributed by atoms with Gasteiger partial charge in [0.05, 0.1) is 0 Å². The molecule has 7 nitrogen and oxygen atoms in total. The lowest BCUT2D eigenvalue weighted by Crippen LogP contribution is -2.46. The molecule has 0 spiro atoms. The highest BCUT2D eigenvalue weighted by Gasteiger charge is 2.31. The molecule has 2 aliphatic heterocycles. The quantitative estimate of drug-likeness (QED) is 0.488. The van der Waals surface area contributed by atoms with Gasteiger partial charge in [-0.15, -0.1) is 0 Å². The van der Waals surface area contributed by atoms with E-state index in [2.05, 4.69) is 15.5 Å². The Morgan fingerprint density at radius 3 is 2.20 bits per heavy atom. The molecule has 1 saturated carbocycles. The molecule has 2 aromatic carbocycles. The Morgan fingerprint density at radius 1 is 0.878 bits per heavy atom. The molecule has 0 unspecified atom stereocenters. The van der Waals surface area contributed by atoms with Crippen LogP contribution in [0.3, 0.4) is 0 Å². The minimum absolute atomic E-state index is 0.0932. The van der Waals surface area contributed by atoms with Crippen LogP contribution in [0.2, 0.25) is 0 Å². The summed E-state index contributed by atoms with van der Waals surface area (Å²) in [6.45, 7) is 11.8. The van der Waals surface area contributed by atoms with Crippen molar-refractivity contribution in [3.63, 3.8) is 0 Å². The van der Waals surface area contributed by atoms with Gasteiger partial charge in [-0.3, -0.25) is 14.4 Å². The summed E-state index contributed by atoms with van der Waals surface area (Å²) in [7, 11) is 0. The summed E-state index contributed by atoms with van der Waals surface area (Å²) in [4.78, 5) is 44.4. The third kappa shape index (κ3) is 6.97. The molecule has 2 heterocycles. The van der Waals surface area contributed by atoms with Crippen LogP contribution in [0.1, 0.15) is 95.9 Å². The summed E-state index contributed by atoms with van der Waals surface area (Å²) in [5.74, 6) is -1.24. The number of carbonyl (C=O) groups is 3. The van der Waals surface area contributed by atoms with Gasteiger partial charge in [-0.05, 0) is 105 Å². The molecule has 0 atom stereocenters. The van der Waals surface area contributed by atoms with Crippen molar-refractivity contribution in [1.82, 2.24) is 20.4 Å². The zero-order valence-electron chi connectivity index (χ0n) is 24.8. The van der Waals surface area contributed by atoms with E-state index in [1.165, 1.54) is 18.9 Å². The smallest absolute Gasteiger partial charge is 0.254 e. The maximum absolute atomic E-state index is 15.2. The van der Waals surface area contributed by atoms with E-state index in [-0.39, 0.29) is 34.7 Å². The van der Waals surface area contributed by atoms with Crippen LogP contribution >= 0.6 is 0 Å². The molecule has 2 saturated heterocycles. The van der Waals surface area contributed by atoms with E-state index in [1.807, 2.05) is 25.7 Å². The average molecular weight is 563 g/mol. The minimum atomic E-state index is -0.500. The highest BCUT2D eigenvalue weighted by atomic mass is 19.1. The van der Waals surface area contributed by atoms with Crippen molar-refractivity contribution in [1.29, 1.82) is 0 Å². The molecule has 3 aliphatic rings. The zero-order valence-corrected chi connectivity index (χ0v) is 24.8. The topological polar surface area (TPSA) is 81.8 Å². The molecule has 1 aliphatic carbocycles. The molecule has 3 amide bonds. The van der Waals surface area contributed by atoms with Gasteiger partial charge in [0.25, 0.3) is 17.7 Å². The fourth-order valence-electron chi connectivity index (χ4n) is 5.84. The van der Waals surface area contributed by atoms with Gasteiger partial charge in [0.2, 0.25) is 0 Å². The first-order chi connectivity index (χ1) is 19.5. The first-order valence-electron chi connectivity index (χ1n) is 15.1. The molecule has 0 radical (unpaired) electrons. The molecule has 0 aromatic heterocycles. The van der Waals surface area contributed by atoms with Crippen LogP contribution in [0, 0.1) is 18.2 Å². The largest absolute Gasteiger partial charge is 0.352 e. The molecule has 0 bridgehead atoms. The minimum Gasteiger partial charge on any atom is -0.352 e. The molecule has 8 heteroatoms. The summed E-state index contributed by atoms with van der Waals surface area (Å²) in [5.41, 5.74) is 2.25. The fourth-order valence-corrected chi connectivity index (χ4v) is 5.84. The average Bonchev–Trinajstić information content (AvgIpc) is 3.59. The Kier molecular flexibility index (Phi) is 8.50. The molecule has 220 valence electrons. The Labute approximate surface area is 242 Å². The summed E-state index contributed by atoms with van der Waals surface area (Å²) in [6.07, 6.45) is 6.16. The highest BCUT2D eigenvalue weighted by molar-refractivity contribution is 6.05. The van der Waals surface area contributed by atoms with Crippen molar-refractivity contribution in [3.05, 3.63) is 58.4 Å². The summed E-state index contributed by atoms with van der Waals surface area (Å²) < 4.78 is 15.2. The molecule has 2 aromatic rings. The van der Waals surface area contributed by atoms with E-state index in [4.69, 9.17) is 0 Å². The lowest BCUT2D eigenvalue weighted by molar-refractivity contribution is 0.0645. The van der Waals surface area contributed by atoms with Gasteiger partial charge in [-0.1, -0.05) is 26.8 Å². The third-order valence-electron chi connectivity index (χ3n) is 8.51. The second-order valence-corrected chi connectivity index (χ2v) is 13.1. The van der Waals surface area contributed by atoms with Gasteiger partial charge in [-0.2, -0.15) is 0 Å². The first kappa shape index (κ1) is 29.2. The predicted molar refractivity (Wildman–Crippen MR) is 159 cm³/mol. The van der Waals surface area contributed by atoms with Gasteiger partial charge in [-0.25, -0.2) is 4.39 Å². The van der Waals surface area contributed by atoms with Crippen LogP contribution in [-0.2, 0) is 0 Å². The van der Waals surface area contributed by atoms with Crippen molar-refractivity contribution >= 4 is 17.7 Å². The normalized spacial score (nSPS) is 18.4. The van der Waals surface area contributed by atoms with E-state index in [1.54, 1.807) is 31.2 Å². The van der Waals surface area contributed by atoms with E-state index in [0.29, 0.717) is 53.5 Å². The Morgan fingerprint density at radius 2 is 1.56 bits per heavy atom. The highest BCUT2D eigenvalue weighted by Crippen LogP contribution is 2.33. The predicted octanol–water partition coefficient (Wildman–Crippen LogP) is 5.17. The zero-order chi connectivity index (χ0) is 29.3. The number of amides is 3. The number of likely N-dealkylation sites (tertiary alicyclic amines) is 2. The van der Waals surface area contributed by atoms with Crippen LogP contribution in [0.5, 0.6) is 0 Å². The molecule has 2 N–H and O–H groups in total. The van der Waals surface area contributed by atoms with Crippen LogP contribution in [0.15, 0.2) is 30.3 Å². The van der Waals surface area contributed by atoms with E-state index >= 15 is 4.39 Å². The summed E-state index contributed by atoms with van der Waals surface area (Å²) >= 11 is 0. The molecular weight excluding hydrogens is 519 g/mol. The number of nitrogens with one attached hydrogen (secondary N) is 2. The summed E-state index contributed by atoms with van der Waals surface area (Å²) in [5, 5.41) is 5.89. The van der Waals surface area contributed by atoms with E-state index in [9.17, 15) is 14.4 Å². The molecule has 41 heavy (non-hydrogen) atoms. The fraction of sp³-hybridized carbons (Fsp3) is 0.545. The second kappa shape index (κ2) is 11.9. The standard InChI is InChI=1S/C33H43FN4O3/c1-21-27(18-23(19-29(21)34)31(40)36-24-8-9-24)26-10-7-22(30(39)35-20-33(2,3)4)17-28(26)32(41)38-15-11-25(12-16-38)37-13-5-6-14-37/h7,10,17-19,24-25H,5-6,8-9,11-16,20H2,1-4H3,(H,35,39)(H,36,40). The van der Waals surface area contributed by atoms with Crippen LogP contribution in [0.25, 0.3) is 11.1 Å². The van der Waals surface area contributed by atoms with Crippen molar-refractivity contribution in [3.8, 4) is 11.1 Å². The number of rotatable bonds is 7. The number of hydrogen-bond donors (Lipinski definition) is 2. The van der Waals surface area contributed by atoms with Gasteiger partial charge in [0, 0.05) is 48.4 Å². The van der Waals surface area contributed by atoms with Crippen molar-refractivity contribution in [2.24, 2.45) is 5.41 Å². The van der Waals surface area contributed by atoms with Crippen molar-refractivity contribution < 1.29 is 18.8 Å². The first-order valence-corrected chi connectivity index (χ1v) is 15.1. The lowest BCUT2D eigenvalue weighted by Gasteiger charge is -2.37. The van der Waals surface area contributed by atoms with Crippen LogP contribution in [0.4, 0.5) is 4.39 Å². The van der Waals surface area contributed by atoms with Gasteiger partial charge in [0.15, 0.2) is 0 Å². The third-order valence-corrected chi connectivity index (χ3v) is 8.51. The summed E-state index contributed by atoms with van der Waals surface area (Å²) in [6, 6.07) is 8.60. The number of piperidine rings is 1. The van der Waals surface area contributed by atoms with Crippen molar-refractivity contribution in [2.45, 2.75) is 78.3 Å². The van der Waals surface area contributed by atoms with Crippen LogP contribution in [-0.4, -0.2) is 72.3 Å². The number of benzene rings is 2. The molecule has 5 rings (SSSR count). The molecule has 3 fully saturated rings. The number of nitrogens with zero attached hydrogens (tertiary/aromatic N) is 2.